The van der Waals surface area contributed by atoms with Crippen molar-refractivity contribution in [1.82, 2.24) is 29.2 Å². The van der Waals surface area contributed by atoms with E-state index >= 15 is 0 Å². The van der Waals surface area contributed by atoms with Crippen LogP contribution in [-0.4, -0.2) is 58.9 Å². The highest BCUT2D eigenvalue weighted by atomic mass is 19.4. The lowest BCUT2D eigenvalue weighted by molar-refractivity contribution is -0.138. The van der Waals surface area contributed by atoms with E-state index < -0.39 is 17.3 Å². The lowest BCUT2D eigenvalue weighted by atomic mass is 9.91. The first-order valence-corrected chi connectivity index (χ1v) is 12.7. The molecule has 0 spiro atoms. The summed E-state index contributed by atoms with van der Waals surface area (Å²) in [7, 11) is 0. The number of pyridine rings is 1. The van der Waals surface area contributed by atoms with E-state index in [1.54, 1.807) is 29.2 Å². The monoisotopic (exact) mass is 538 g/mol. The van der Waals surface area contributed by atoms with Gasteiger partial charge in [-0.2, -0.15) is 18.3 Å². The highest BCUT2D eigenvalue weighted by Crippen LogP contribution is 2.34. The average molecular weight is 539 g/mol. The number of halogens is 3. The Hall–Kier alpha value is -4.06. The number of benzene rings is 1. The Morgan fingerprint density at radius 1 is 1.05 bits per heavy atom. The predicted octanol–water partition coefficient (Wildman–Crippen LogP) is 3.43. The van der Waals surface area contributed by atoms with Crippen LogP contribution in [0.5, 0.6) is 0 Å². The number of piperidine rings is 1. The normalized spacial score (nSPS) is 17.5. The van der Waals surface area contributed by atoms with E-state index in [1.165, 1.54) is 28.0 Å². The second-order valence-electron chi connectivity index (χ2n) is 10.3. The lowest BCUT2D eigenvalue weighted by Crippen LogP contribution is -2.50. The van der Waals surface area contributed by atoms with Gasteiger partial charge in [0.2, 0.25) is 5.91 Å². The first kappa shape index (κ1) is 25.2. The summed E-state index contributed by atoms with van der Waals surface area (Å²) in [5.74, 6) is 0.292. The quantitative estimate of drug-likeness (QED) is 0.418. The van der Waals surface area contributed by atoms with Gasteiger partial charge in [0.1, 0.15) is 11.7 Å². The largest absolute Gasteiger partial charge is 0.417 e. The molecule has 9 nitrogen and oxygen atoms in total. The summed E-state index contributed by atoms with van der Waals surface area (Å²) in [6.07, 6.45) is 3.07. The zero-order valence-corrected chi connectivity index (χ0v) is 20.8. The summed E-state index contributed by atoms with van der Waals surface area (Å²) in [4.78, 5) is 35.5. The van der Waals surface area contributed by atoms with Gasteiger partial charge in [0.15, 0.2) is 5.65 Å². The molecule has 1 amide bonds. The second-order valence-corrected chi connectivity index (χ2v) is 10.3. The number of alkyl halides is 3. The molecule has 3 aromatic heterocycles. The summed E-state index contributed by atoms with van der Waals surface area (Å²) in [5.41, 5.74) is -0.534. The Morgan fingerprint density at radius 3 is 2.44 bits per heavy atom. The van der Waals surface area contributed by atoms with Gasteiger partial charge < -0.3 is 10.0 Å². The molecule has 39 heavy (non-hydrogen) atoms. The van der Waals surface area contributed by atoms with Gasteiger partial charge in [-0.05, 0) is 49.4 Å². The van der Waals surface area contributed by atoms with Crippen LogP contribution in [0.25, 0.3) is 27.8 Å². The van der Waals surface area contributed by atoms with E-state index in [9.17, 15) is 27.9 Å². The molecule has 1 saturated heterocycles. The maximum Gasteiger partial charge on any atom is 0.417 e. The van der Waals surface area contributed by atoms with Crippen molar-refractivity contribution in [2.75, 3.05) is 13.1 Å². The third kappa shape index (κ3) is 4.91. The van der Waals surface area contributed by atoms with Crippen LogP contribution in [0.2, 0.25) is 0 Å². The van der Waals surface area contributed by atoms with Crippen LogP contribution in [0, 0.1) is 5.92 Å². The van der Waals surface area contributed by atoms with Crippen molar-refractivity contribution >= 4 is 16.9 Å². The average Bonchev–Trinajstić information content (AvgIpc) is 3.69. The van der Waals surface area contributed by atoms with Gasteiger partial charge in [-0.15, -0.1) is 0 Å². The molecule has 1 N–H and O–H groups in total. The molecule has 1 aliphatic heterocycles. The summed E-state index contributed by atoms with van der Waals surface area (Å²) in [6.45, 7) is 0.979. The fraction of sp³-hybridized carbons (Fsp3) is 0.370. The molecule has 2 aliphatic rings. The zero-order chi connectivity index (χ0) is 27.4. The van der Waals surface area contributed by atoms with Crippen molar-refractivity contribution in [2.45, 2.75) is 44.0 Å². The SMILES string of the molecule is O=C(C1CC1)N1CCC(O)(Cn2cnc3c(cnn3-c3ccc(-c4cncc(C(F)(F)F)c4)cc3)c2=O)CC1. The highest BCUT2D eigenvalue weighted by molar-refractivity contribution is 5.81. The number of rotatable bonds is 5. The summed E-state index contributed by atoms with van der Waals surface area (Å²) in [5, 5.41) is 15.7. The third-order valence-electron chi connectivity index (χ3n) is 7.46. The number of carbonyl (C=O) groups excluding carboxylic acids is 1. The first-order valence-electron chi connectivity index (χ1n) is 12.7. The van der Waals surface area contributed by atoms with Gasteiger partial charge >= 0.3 is 6.18 Å². The van der Waals surface area contributed by atoms with Crippen molar-refractivity contribution in [1.29, 1.82) is 0 Å². The Labute approximate surface area is 220 Å². The van der Waals surface area contributed by atoms with Crippen molar-refractivity contribution in [3.63, 3.8) is 0 Å². The van der Waals surface area contributed by atoms with Gasteiger partial charge in [0.25, 0.3) is 5.56 Å². The highest BCUT2D eigenvalue weighted by Gasteiger charge is 2.39. The molecule has 1 saturated carbocycles. The molecule has 1 aromatic carbocycles. The number of likely N-dealkylation sites (tertiary alicyclic amines) is 1. The van der Waals surface area contributed by atoms with E-state index in [0.717, 1.165) is 25.1 Å². The van der Waals surface area contributed by atoms with Crippen LogP contribution in [0.4, 0.5) is 13.2 Å². The van der Waals surface area contributed by atoms with Crippen LogP contribution in [0.1, 0.15) is 31.2 Å². The van der Waals surface area contributed by atoms with Crippen molar-refractivity contribution in [3.05, 3.63) is 71.2 Å². The molecule has 4 aromatic rings. The van der Waals surface area contributed by atoms with Gasteiger partial charge in [-0.25, -0.2) is 9.67 Å². The molecule has 0 atom stereocenters. The molecular weight excluding hydrogens is 513 g/mol. The van der Waals surface area contributed by atoms with E-state index in [-0.39, 0.29) is 29.3 Å². The molecule has 1 aliphatic carbocycles. The van der Waals surface area contributed by atoms with Crippen molar-refractivity contribution in [2.24, 2.45) is 5.92 Å². The topological polar surface area (TPSA) is 106 Å². The Bertz CT molecular complexity index is 1600. The summed E-state index contributed by atoms with van der Waals surface area (Å²) in [6, 6.07) is 7.69. The number of hydrogen-bond acceptors (Lipinski definition) is 6. The molecule has 0 radical (unpaired) electrons. The Kier molecular flexibility index (Phi) is 6.01. The minimum absolute atomic E-state index is 0.0606. The number of amides is 1. The number of carbonyl (C=O) groups is 1. The maximum absolute atomic E-state index is 13.2. The number of aromatic nitrogens is 5. The van der Waals surface area contributed by atoms with Gasteiger partial charge in [-0.1, -0.05) is 12.1 Å². The predicted molar refractivity (Wildman–Crippen MR) is 135 cm³/mol. The Balaban J connectivity index is 1.20. The summed E-state index contributed by atoms with van der Waals surface area (Å²) < 4.78 is 42.0. The smallest absolute Gasteiger partial charge is 0.388 e. The fourth-order valence-corrected chi connectivity index (χ4v) is 5.01. The van der Waals surface area contributed by atoms with E-state index in [2.05, 4.69) is 15.1 Å². The third-order valence-corrected chi connectivity index (χ3v) is 7.46. The van der Waals surface area contributed by atoms with Crippen LogP contribution < -0.4 is 5.56 Å². The standard InChI is InChI=1S/C27H25F3N6O3/c28-27(29,30)20-11-19(12-31-13-20)17-3-5-21(6-4-17)36-23-22(14-33-36)25(38)35(16-32-23)15-26(39)7-9-34(10-8-26)24(37)18-1-2-18/h3-6,11-14,16,18,39H,1-2,7-10,15H2. The second kappa shape index (κ2) is 9.30. The minimum atomic E-state index is -4.49. The van der Waals surface area contributed by atoms with E-state index in [0.29, 0.717) is 48.4 Å². The zero-order valence-electron chi connectivity index (χ0n) is 20.8. The molecule has 4 heterocycles. The summed E-state index contributed by atoms with van der Waals surface area (Å²) >= 11 is 0. The Morgan fingerprint density at radius 2 is 1.77 bits per heavy atom. The van der Waals surface area contributed by atoms with Crippen LogP contribution in [0.3, 0.4) is 0 Å². The number of fused-ring (bicyclic) bond motifs is 1. The number of aliphatic hydroxyl groups is 1. The first-order chi connectivity index (χ1) is 18.6. The van der Waals surface area contributed by atoms with E-state index in [1.807, 2.05) is 0 Å². The van der Waals surface area contributed by atoms with Gasteiger partial charge in [-0.3, -0.25) is 19.1 Å². The minimum Gasteiger partial charge on any atom is -0.388 e. The number of hydrogen-bond donors (Lipinski definition) is 1. The van der Waals surface area contributed by atoms with Gasteiger partial charge in [0.05, 0.1) is 29.6 Å². The van der Waals surface area contributed by atoms with E-state index in [4.69, 9.17) is 0 Å². The fourth-order valence-electron chi connectivity index (χ4n) is 5.01. The van der Waals surface area contributed by atoms with Crippen LogP contribution >= 0.6 is 0 Å². The number of nitrogens with zero attached hydrogens (tertiary/aromatic N) is 6. The molecule has 6 rings (SSSR count). The molecule has 12 heteroatoms. The molecular formula is C27H25F3N6O3. The van der Waals surface area contributed by atoms with Gasteiger partial charge in [0, 0.05) is 37.0 Å². The lowest BCUT2D eigenvalue weighted by Gasteiger charge is -2.38. The molecule has 0 unspecified atom stereocenters. The van der Waals surface area contributed by atoms with Crippen LogP contribution in [0.15, 0.2) is 60.0 Å². The molecule has 0 bridgehead atoms. The van der Waals surface area contributed by atoms with Crippen molar-refractivity contribution in [3.8, 4) is 16.8 Å². The van der Waals surface area contributed by atoms with Crippen molar-refractivity contribution < 1.29 is 23.1 Å². The maximum atomic E-state index is 13.2. The van der Waals surface area contributed by atoms with Crippen LogP contribution in [-0.2, 0) is 17.5 Å². The molecule has 2 fully saturated rings. The molecule has 202 valence electrons.